The minimum Gasteiger partial charge on any atom is -0.466 e. The molecule has 0 amide bonds. The van der Waals surface area contributed by atoms with Crippen LogP contribution in [0.2, 0.25) is 0 Å². The summed E-state index contributed by atoms with van der Waals surface area (Å²) in [5, 5.41) is 0. The highest BCUT2D eigenvalue weighted by atomic mass is 16.5. The molecule has 3 aromatic carbocycles. The fourth-order valence-corrected chi connectivity index (χ4v) is 2.58. The number of benzene rings is 3. The van der Waals surface area contributed by atoms with Crippen LogP contribution in [0.4, 0.5) is 0 Å². The van der Waals surface area contributed by atoms with Gasteiger partial charge in [-0.2, -0.15) is 0 Å². The summed E-state index contributed by atoms with van der Waals surface area (Å²) in [6.45, 7) is 0.173. The summed E-state index contributed by atoms with van der Waals surface area (Å²) in [5.41, 5.74) is 1.89. The van der Waals surface area contributed by atoms with E-state index in [0.717, 1.165) is 5.56 Å². The molecule has 0 unspecified atom stereocenters. The van der Waals surface area contributed by atoms with Gasteiger partial charge in [0.25, 0.3) is 0 Å². The van der Waals surface area contributed by atoms with E-state index >= 15 is 0 Å². The van der Waals surface area contributed by atoms with E-state index in [1.54, 1.807) is 48.5 Å². The van der Waals surface area contributed by atoms with Crippen LogP contribution < -0.4 is 4.74 Å². The summed E-state index contributed by atoms with van der Waals surface area (Å²) in [4.78, 5) is 24.0. The van der Waals surface area contributed by atoms with Crippen molar-refractivity contribution in [2.45, 2.75) is 6.61 Å². The van der Waals surface area contributed by atoms with E-state index in [0.29, 0.717) is 22.6 Å². The van der Waals surface area contributed by atoms with Crippen LogP contribution in [-0.4, -0.2) is 19.0 Å². The highest BCUT2D eigenvalue weighted by molar-refractivity contribution is 5.92. The van der Waals surface area contributed by atoms with Gasteiger partial charge in [-0.05, 0) is 29.8 Å². The van der Waals surface area contributed by atoms with Crippen LogP contribution in [-0.2, 0) is 20.9 Å². The lowest BCUT2D eigenvalue weighted by Gasteiger charge is -2.12. The number of rotatable bonds is 7. The van der Waals surface area contributed by atoms with Crippen molar-refractivity contribution >= 4 is 18.0 Å². The zero-order valence-corrected chi connectivity index (χ0v) is 15.9. The molecule has 0 saturated heterocycles. The van der Waals surface area contributed by atoms with E-state index in [9.17, 15) is 9.59 Å². The van der Waals surface area contributed by atoms with Gasteiger partial charge in [0.05, 0.1) is 7.11 Å². The number of para-hydroxylation sites is 2. The number of methoxy groups -OCH3 is 1. The first kappa shape index (κ1) is 19.9. The maximum absolute atomic E-state index is 12.6. The fourth-order valence-electron chi connectivity index (χ4n) is 2.58. The van der Waals surface area contributed by atoms with Crippen LogP contribution in [0.5, 0.6) is 11.5 Å². The quantitative estimate of drug-likeness (QED) is 0.420. The first-order chi connectivity index (χ1) is 14.2. The molecular weight excluding hydrogens is 368 g/mol. The first-order valence-corrected chi connectivity index (χ1v) is 9.00. The summed E-state index contributed by atoms with van der Waals surface area (Å²) in [7, 11) is 1.31. The highest BCUT2D eigenvalue weighted by Gasteiger charge is 2.15. The van der Waals surface area contributed by atoms with Gasteiger partial charge in [-0.25, -0.2) is 9.59 Å². The van der Waals surface area contributed by atoms with E-state index in [-0.39, 0.29) is 6.61 Å². The first-order valence-electron chi connectivity index (χ1n) is 9.00. The van der Waals surface area contributed by atoms with Crippen molar-refractivity contribution < 1.29 is 23.8 Å². The molecule has 29 heavy (non-hydrogen) atoms. The van der Waals surface area contributed by atoms with E-state index in [2.05, 4.69) is 4.74 Å². The zero-order chi connectivity index (χ0) is 20.5. The third kappa shape index (κ3) is 5.56. The summed E-state index contributed by atoms with van der Waals surface area (Å²) in [5.74, 6) is -0.0860. The van der Waals surface area contributed by atoms with Crippen molar-refractivity contribution in [1.29, 1.82) is 0 Å². The smallest absolute Gasteiger partial charge is 0.342 e. The number of hydrogen-bond acceptors (Lipinski definition) is 5. The van der Waals surface area contributed by atoms with Crippen LogP contribution in [0.1, 0.15) is 21.5 Å². The van der Waals surface area contributed by atoms with Gasteiger partial charge in [-0.1, -0.05) is 60.7 Å². The number of esters is 2. The van der Waals surface area contributed by atoms with Gasteiger partial charge in [0, 0.05) is 11.6 Å². The maximum Gasteiger partial charge on any atom is 0.342 e. The zero-order valence-electron chi connectivity index (χ0n) is 15.9. The second-order valence-corrected chi connectivity index (χ2v) is 6.05. The van der Waals surface area contributed by atoms with Gasteiger partial charge < -0.3 is 14.2 Å². The Labute approximate surface area is 169 Å². The molecule has 3 aromatic rings. The third-order valence-electron chi connectivity index (χ3n) is 4.06. The molecule has 0 bridgehead atoms. The molecule has 0 atom stereocenters. The fraction of sp³-hybridized carbons (Fsp3) is 0.0833. The van der Waals surface area contributed by atoms with Crippen LogP contribution in [0.25, 0.3) is 6.08 Å². The lowest BCUT2D eigenvalue weighted by Crippen LogP contribution is -2.07. The van der Waals surface area contributed by atoms with Crippen LogP contribution in [0.3, 0.4) is 0 Å². The highest BCUT2D eigenvalue weighted by Crippen LogP contribution is 2.29. The number of hydrogen-bond donors (Lipinski definition) is 0. The van der Waals surface area contributed by atoms with Crippen molar-refractivity contribution in [3.63, 3.8) is 0 Å². The molecule has 0 fully saturated rings. The van der Waals surface area contributed by atoms with Gasteiger partial charge in [0.2, 0.25) is 0 Å². The van der Waals surface area contributed by atoms with E-state index in [1.807, 2.05) is 36.4 Å². The molecule has 0 aliphatic carbocycles. The van der Waals surface area contributed by atoms with Crippen molar-refractivity contribution in [3.8, 4) is 11.5 Å². The third-order valence-corrected chi connectivity index (χ3v) is 4.06. The average Bonchev–Trinajstić information content (AvgIpc) is 2.77. The number of carbonyl (C=O) groups is 2. The maximum atomic E-state index is 12.6. The van der Waals surface area contributed by atoms with E-state index < -0.39 is 11.9 Å². The Morgan fingerprint density at radius 1 is 0.828 bits per heavy atom. The lowest BCUT2D eigenvalue weighted by molar-refractivity contribution is -0.134. The minimum absolute atomic E-state index is 0.173. The molecular formula is C24H20O5. The average molecular weight is 388 g/mol. The molecule has 0 aliphatic heterocycles. The molecule has 0 aliphatic rings. The SMILES string of the molecule is COC(=O)/C=C/c1ccccc1Oc1ccccc1C(=O)OCc1ccccc1. The molecule has 5 nitrogen and oxygen atoms in total. The van der Waals surface area contributed by atoms with Crippen LogP contribution >= 0.6 is 0 Å². The second kappa shape index (κ2) is 9.90. The number of carbonyl (C=O) groups excluding carboxylic acids is 2. The standard InChI is InChI=1S/C24H20O5/c1-27-23(25)16-15-19-11-5-7-13-21(19)29-22-14-8-6-12-20(22)24(26)28-17-18-9-3-2-4-10-18/h2-16H,17H2,1H3/b16-15+. The summed E-state index contributed by atoms with van der Waals surface area (Å²) in [6, 6.07) is 23.5. The molecule has 0 radical (unpaired) electrons. The lowest BCUT2D eigenvalue weighted by atomic mass is 10.1. The number of ether oxygens (including phenoxy) is 3. The van der Waals surface area contributed by atoms with Gasteiger partial charge in [0.15, 0.2) is 0 Å². The minimum atomic E-state index is -0.480. The predicted octanol–water partition coefficient (Wildman–Crippen LogP) is 5.02. The largest absolute Gasteiger partial charge is 0.466 e. The Balaban J connectivity index is 1.78. The van der Waals surface area contributed by atoms with Crippen LogP contribution in [0.15, 0.2) is 84.9 Å². The second-order valence-electron chi connectivity index (χ2n) is 6.05. The van der Waals surface area contributed by atoms with Crippen molar-refractivity contribution in [2.24, 2.45) is 0 Å². The van der Waals surface area contributed by atoms with E-state index in [1.165, 1.54) is 13.2 Å². The van der Waals surface area contributed by atoms with Gasteiger partial charge in [0.1, 0.15) is 23.7 Å². The van der Waals surface area contributed by atoms with Crippen molar-refractivity contribution in [1.82, 2.24) is 0 Å². The Hall–Kier alpha value is -3.86. The molecule has 0 spiro atoms. The van der Waals surface area contributed by atoms with Crippen molar-refractivity contribution in [3.05, 3.63) is 102 Å². The Morgan fingerprint density at radius 3 is 2.24 bits per heavy atom. The monoisotopic (exact) mass is 388 g/mol. The molecule has 0 saturated carbocycles. The Bertz CT molecular complexity index is 1010. The predicted molar refractivity (Wildman–Crippen MR) is 110 cm³/mol. The molecule has 5 heteroatoms. The normalized spacial score (nSPS) is 10.5. The molecule has 0 heterocycles. The molecule has 0 N–H and O–H groups in total. The molecule has 3 rings (SSSR count). The van der Waals surface area contributed by atoms with Crippen LogP contribution in [0, 0.1) is 0 Å². The molecule has 0 aromatic heterocycles. The molecule has 146 valence electrons. The topological polar surface area (TPSA) is 61.8 Å². The van der Waals surface area contributed by atoms with Crippen molar-refractivity contribution in [2.75, 3.05) is 7.11 Å². The Morgan fingerprint density at radius 2 is 1.48 bits per heavy atom. The Kier molecular flexibility index (Phi) is 6.79. The summed E-state index contributed by atoms with van der Waals surface area (Å²) < 4.78 is 16.0. The summed E-state index contributed by atoms with van der Waals surface area (Å²) >= 11 is 0. The van der Waals surface area contributed by atoms with Gasteiger partial charge >= 0.3 is 11.9 Å². The van der Waals surface area contributed by atoms with Gasteiger partial charge in [-0.15, -0.1) is 0 Å². The van der Waals surface area contributed by atoms with E-state index in [4.69, 9.17) is 9.47 Å². The summed E-state index contributed by atoms with van der Waals surface area (Å²) in [6.07, 6.45) is 2.90. The van der Waals surface area contributed by atoms with Gasteiger partial charge in [-0.3, -0.25) is 0 Å².